The van der Waals surface area contributed by atoms with Crippen LogP contribution in [-0.2, 0) is 0 Å². The lowest BCUT2D eigenvalue weighted by Gasteiger charge is -2.09. The molecule has 0 aliphatic rings. The molecule has 0 amide bonds. The maximum absolute atomic E-state index is 11.7. The van der Waals surface area contributed by atoms with E-state index in [1.807, 2.05) is 6.92 Å². The Morgan fingerprint density at radius 1 is 1.31 bits per heavy atom. The molecule has 0 saturated carbocycles. The van der Waals surface area contributed by atoms with Crippen molar-refractivity contribution in [2.24, 2.45) is 5.73 Å². The quantitative estimate of drug-likeness (QED) is 0.714. The van der Waals surface area contributed by atoms with E-state index in [2.05, 4.69) is 0 Å². The van der Waals surface area contributed by atoms with Crippen molar-refractivity contribution < 1.29 is 13.2 Å². The summed E-state index contributed by atoms with van der Waals surface area (Å²) in [6.07, 6.45) is 0.862. The number of halogens is 3. The Bertz CT molecular complexity index is 129. The van der Waals surface area contributed by atoms with Gasteiger partial charge in [0.05, 0.1) is 0 Å². The van der Waals surface area contributed by atoms with Gasteiger partial charge in [0, 0.05) is 16.8 Å². The van der Waals surface area contributed by atoms with Gasteiger partial charge in [-0.1, -0.05) is 18.7 Å². The summed E-state index contributed by atoms with van der Waals surface area (Å²) in [4.78, 5) is 0. The molecule has 0 rings (SSSR count). The maximum atomic E-state index is 11.7. The van der Waals surface area contributed by atoms with Gasteiger partial charge in [0.15, 0.2) is 0 Å². The van der Waals surface area contributed by atoms with Gasteiger partial charge in [0.1, 0.15) is 0 Å². The van der Waals surface area contributed by atoms with Crippen molar-refractivity contribution in [3.05, 3.63) is 0 Å². The van der Waals surface area contributed by atoms with Gasteiger partial charge >= 0.3 is 5.51 Å². The second-order valence-electron chi connectivity index (χ2n) is 2.55. The molecule has 6 heteroatoms. The van der Waals surface area contributed by atoms with E-state index in [4.69, 9.17) is 5.73 Å². The molecule has 0 aromatic rings. The summed E-state index contributed by atoms with van der Waals surface area (Å²) in [5, 5.41) is 0.360. The second kappa shape index (κ2) is 6.84. The summed E-state index contributed by atoms with van der Waals surface area (Å²) in [7, 11) is 0. The second-order valence-corrected chi connectivity index (χ2v) is 5.26. The van der Waals surface area contributed by atoms with Crippen LogP contribution in [0.1, 0.15) is 13.3 Å². The van der Waals surface area contributed by atoms with Crippen molar-refractivity contribution >= 4 is 23.5 Å². The summed E-state index contributed by atoms with van der Waals surface area (Å²) < 4.78 is 35.0. The van der Waals surface area contributed by atoms with Crippen molar-refractivity contribution in [3.63, 3.8) is 0 Å². The molecule has 13 heavy (non-hydrogen) atoms. The molecule has 0 aromatic carbocycles. The fraction of sp³-hybridized carbons (Fsp3) is 1.00. The summed E-state index contributed by atoms with van der Waals surface area (Å²) in [6.45, 7) is 2.58. The first-order valence-electron chi connectivity index (χ1n) is 3.98. The Labute approximate surface area is 85.0 Å². The fourth-order valence-corrected chi connectivity index (χ4v) is 2.38. The van der Waals surface area contributed by atoms with Crippen LogP contribution in [-0.4, -0.2) is 28.8 Å². The zero-order valence-electron chi connectivity index (χ0n) is 7.43. The van der Waals surface area contributed by atoms with Crippen LogP contribution in [0.25, 0.3) is 0 Å². The molecule has 0 fully saturated rings. The van der Waals surface area contributed by atoms with E-state index < -0.39 is 5.51 Å². The highest BCUT2D eigenvalue weighted by Gasteiger charge is 2.27. The number of rotatable bonds is 6. The molecule has 0 radical (unpaired) electrons. The van der Waals surface area contributed by atoms with Crippen LogP contribution in [0.15, 0.2) is 0 Å². The number of hydrogen-bond donors (Lipinski definition) is 1. The smallest absolute Gasteiger partial charge is 0.330 e. The van der Waals surface area contributed by atoms with E-state index in [1.54, 1.807) is 11.8 Å². The van der Waals surface area contributed by atoms with Crippen molar-refractivity contribution in [3.8, 4) is 0 Å². The molecule has 0 heterocycles. The first kappa shape index (κ1) is 13.4. The van der Waals surface area contributed by atoms with Crippen LogP contribution in [0.4, 0.5) is 13.2 Å². The Morgan fingerprint density at radius 3 is 2.38 bits per heavy atom. The monoisotopic (exact) mass is 233 g/mol. The normalized spacial score (nSPS) is 14.5. The molecule has 0 aliphatic carbocycles. The largest absolute Gasteiger partial charge is 0.441 e. The Kier molecular flexibility index (Phi) is 7.07. The van der Waals surface area contributed by atoms with Gasteiger partial charge < -0.3 is 5.73 Å². The van der Waals surface area contributed by atoms with Crippen LogP contribution in [0.3, 0.4) is 0 Å². The Balaban J connectivity index is 3.25. The third-order valence-electron chi connectivity index (χ3n) is 1.32. The van der Waals surface area contributed by atoms with E-state index in [-0.39, 0.29) is 17.5 Å². The Hall–Kier alpha value is 0.450. The van der Waals surface area contributed by atoms with Crippen LogP contribution in [0.5, 0.6) is 0 Å². The first-order chi connectivity index (χ1) is 5.95. The third kappa shape index (κ3) is 10.4. The van der Waals surface area contributed by atoms with Gasteiger partial charge in [-0.2, -0.15) is 24.9 Å². The standard InChI is InChI=1S/C7H14F3NS2/c1-6(2-3-11)12-4-5-13-7(8,9)10/h6H,2-5,11H2,1H3. The minimum Gasteiger partial charge on any atom is -0.330 e. The average Bonchev–Trinajstić information content (AvgIpc) is 1.97. The molecule has 2 N–H and O–H groups in total. The molecular weight excluding hydrogens is 219 g/mol. The molecule has 1 nitrogen and oxygen atoms in total. The fourth-order valence-electron chi connectivity index (χ4n) is 0.725. The molecule has 0 aliphatic heterocycles. The zero-order chi connectivity index (χ0) is 10.3. The molecule has 1 unspecified atom stereocenters. The van der Waals surface area contributed by atoms with Crippen molar-refractivity contribution in [2.45, 2.75) is 24.1 Å². The molecule has 0 spiro atoms. The highest BCUT2D eigenvalue weighted by Crippen LogP contribution is 2.30. The highest BCUT2D eigenvalue weighted by atomic mass is 32.2. The van der Waals surface area contributed by atoms with E-state index in [0.717, 1.165) is 6.42 Å². The third-order valence-corrected chi connectivity index (χ3v) is 3.56. The lowest BCUT2D eigenvalue weighted by atomic mass is 10.3. The van der Waals surface area contributed by atoms with Gasteiger partial charge in [0.25, 0.3) is 0 Å². The lowest BCUT2D eigenvalue weighted by molar-refractivity contribution is -0.0326. The predicted molar refractivity (Wildman–Crippen MR) is 54.1 cm³/mol. The van der Waals surface area contributed by atoms with Gasteiger partial charge in [-0.25, -0.2) is 0 Å². The Morgan fingerprint density at radius 2 is 1.92 bits per heavy atom. The van der Waals surface area contributed by atoms with E-state index in [9.17, 15) is 13.2 Å². The molecule has 0 bridgehead atoms. The van der Waals surface area contributed by atoms with Crippen molar-refractivity contribution in [1.82, 2.24) is 0 Å². The zero-order valence-corrected chi connectivity index (χ0v) is 9.07. The first-order valence-corrected chi connectivity index (χ1v) is 6.01. The van der Waals surface area contributed by atoms with Crippen LogP contribution in [0, 0.1) is 0 Å². The van der Waals surface area contributed by atoms with Crippen LogP contribution >= 0.6 is 23.5 Å². The lowest BCUT2D eigenvalue weighted by Crippen LogP contribution is -2.09. The van der Waals surface area contributed by atoms with E-state index in [0.29, 0.717) is 17.5 Å². The summed E-state index contributed by atoms with van der Waals surface area (Å²) in [5.74, 6) is 0.661. The topological polar surface area (TPSA) is 26.0 Å². The predicted octanol–water partition coefficient (Wildman–Crippen LogP) is 2.71. The van der Waals surface area contributed by atoms with Crippen molar-refractivity contribution in [1.29, 1.82) is 0 Å². The van der Waals surface area contributed by atoms with E-state index in [1.165, 1.54) is 0 Å². The molecular formula is C7H14F3NS2. The number of alkyl halides is 3. The van der Waals surface area contributed by atoms with Crippen LogP contribution in [0.2, 0.25) is 0 Å². The minimum atomic E-state index is -4.09. The SMILES string of the molecule is CC(CCN)SCCSC(F)(F)F. The molecule has 0 aromatic heterocycles. The van der Waals surface area contributed by atoms with Gasteiger partial charge in [-0.3, -0.25) is 0 Å². The number of hydrogen-bond acceptors (Lipinski definition) is 3. The highest BCUT2D eigenvalue weighted by molar-refractivity contribution is 8.03. The average molecular weight is 233 g/mol. The number of thioether (sulfide) groups is 2. The summed E-state index contributed by atoms with van der Waals surface area (Å²) >= 11 is 1.58. The summed E-state index contributed by atoms with van der Waals surface area (Å²) in [5.41, 5.74) is 1.22. The maximum Gasteiger partial charge on any atom is 0.441 e. The van der Waals surface area contributed by atoms with Crippen LogP contribution < -0.4 is 5.73 Å². The molecule has 1 atom stereocenters. The summed E-state index contributed by atoms with van der Waals surface area (Å²) in [6, 6.07) is 0. The molecule has 0 saturated heterocycles. The number of nitrogens with two attached hydrogens (primary N) is 1. The van der Waals surface area contributed by atoms with Crippen molar-refractivity contribution in [2.75, 3.05) is 18.1 Å². The van der Waals surface area contributed by atoms with Gasteiger partial charge in [0.2, 0.25) is 0 Å². The molecule has 80 valence electrons. The van der Waals surface area contributed by atoms with Gasteiger partial charge in [-0.05, 0) is 13.0 Å². The van der Waals surface area contributed by atoms with Gasteiger partial charge in [-0.15, -0.1) is 0 Å². The minimum absolute atomic E-state index is 0.0416. The van der Waals surface area contributed by atoms with E-state index >= 15 is 0 Å².